The van der Waals surface area contributed by atoms with E-state index in [0.717, 1.165) is 22.3 Å². The Morgan fingerprint density at radius 1 is 0.704 bits per heavy atom. The van der Waals surface area contributed by atoms with Crippen LogP contribution >= 0.6 is 0 Å². The van der Waals surface area contributed by atoms with Crippen LogP contribution in [0.5, 0.6) is 0 Å². The molecule has 27 heavy (non-hydrogen) atoms. The van der Waals surface area contributed by atoms with E-state index < -0.39 is 17.7 Å². The normalized spacial score (nSPS) is 12.0. The molecule has 0 saturated carbocycles. The molecule has 2 nitrogen and oxygen atoms in total. The van der Waals surface area contributed by atoms with Gasteiger partial charge in [0.25, 0.3) is 5.78 Å². The molecule has 5 heteroatoms. The Morgan fingerprint density at radius 3 is 1.56 bits per heavy atom. The van der Waals surface area contributed by atoms with Crippen molar-refractivity contribution < 1.29 is 23.1 Å². The first-order chi connectivity index (χ1) is 12.8. The van der Waals surface area contributed by atoms with Crippen LogP contribution in [0, 0.1) is 0 Å². The molecule has 0 fully saturated rings. The zero-order valence-corrected chi connectivity index (χ0v) is 14.1. The molecular formula is C22H15F3O2. The second-order valence-corrected chi connectivity index (χ2v) is 5.91. The van der Waals surface area contributed by atoms with E-state index in [1.54, 1.807) is 12.1 Å². The number of alkyl halides is 3. The lowest BCUT2D eigenvalue weighted by Gasteiger charge is -2.07. The van der Waals surface area contributed by atoms with Crippen molar-refractivity contribution in [1.82, 2.24) is 0 Å². The van der Waals surface area contributed by atoms with Crippen LogP contribution in [0.1, 0.15) is 5.56 Å². The molecule has 0 amide bonds. The summed E-state index contributed by atoms with van der Waals surface area (Å²) in [5, 5.41) is 9.72. The zero-order chi connectivity index (χ0) is 19.4. The van der Waals surface area contributed by atoms with Crippen LogP contribution in [0.25, 0.3) is 28.0 Å². The predicted octanol–water partition coefficient (Wildman–Crippen LogP) is 6.05. The summed E-state index contributed by atoms with van der Waals surface area (Å²) in [4.78, 5) is 10.9. The Morgan fingerprint density at radius 2 is 1.11 bits per heavy atom. The van der Waals surface area contributed by atoms with Gasteiger partial charge in [0.05, 0.1) is 0 Å². The summed E-state index contributed by atoms with van der Waals surface area (Å²) in [6, 6.07) is 24.1. The van der Waals surface area contributed by atoms with Crippen LogP contribution in [0.3, 0.4) is 0 Å². The van der Waals surface area contributed by atoms with Crippen LogP contribution in [0.4, 0.5) is 13.2 Å². The van der Waals surface area contributed by atoms with Crippen molar-refractivity contribution >= 4 is 11.5 Å². The van der Waals surface area contributed by atoms with E-state index in [2.05, 4.69) is 0 Å². The molecule has 0 bridgehead atoms. The van der Waals surface area contributed by atoms with Crippen LogP contribution in [0.15, 0.2) is 84.9 Å². The van der Waals surface area contributed by atoms with E-state index in [1.807, 2.05) is 54.6 Å². The van der Waals surface area contributed by atoms with E-state index in [4.69, 9.17) is 0 Å². The molecule has 0 aliphatic heterocycles. The number of aliphatic hydroxyl groups excluding tert-OH is 1. The Labute approximate surface area is 154 Å². The Balaban J connectivity index is 1.79. The van der Waals surface area contributed by atoms with Gasteiger partial charge in [0.2, 0.25) is 0 Å². The Kier molecular flexibility index (Phi) is 5.12. The van der Waals surface area contributed by atoms with Gasteiger partial charge in [-0.25, -0.2) is 0 Å². The molecule has 0 atom stereocenters. The fraction of sp³-hybridized carbons (Fsp3) is 0.0455. The van der Waals surface area contributed by atoms with Crippen molar-refractivity contribution in [3.05, 3.63) is 90.5 Å². The largest absolute Gasteiger partial charge is 0.507 e. The van der Waals surface area contributed by atoms with E-state index in [1.165, 1.54) is 12.1 Å². The molecule has 0 unspecified atom stereocenters. The Hall–Kier alpha value is -3.34. The summed E-state index contributed by atoms with van der Waals surface area (Å²) in [7, 11) is 0. The van der Waals surface area contributed by atoms with Crippen molar-refractivity contribution in [2.24, 2.45) is 0 Å². The molecule has 0 saturated heterocycles. The summed E-state index contributed by atoms with van der Waals surface area (Å²) in [6.07, 6.45) is -4.82. The quantitative estimate of drug-likeness (QED) is 0.449. The van der Waals surface area contributed by atoms with Crippen molar-refractivity contribution in [3.8, 4) is 22.3 Å². The third-order valence-corrected chi connectivity index (χ3v) is 4.05. The van der Waals surface area contributed by atoms with Crippen molar-refractivity contribution in [1.29, 1.82) is 0 Å². The number of ketones is 1. The number of carbonyl (C=O) groups excluding carboxylic acids is 1. The fourth-order valence-corrected chi connectivity index (χ4v) is 2.61. The molecule has 0 radical (unpaired) electrons. The molecule has 3 aromatic carbocycles. The maximum atomic E-state index is 12.3. The second-order valence-electron chi connectivity index (χ2n) is 5.91. The topological polar surface area (TPSA) is 37.3 Å². The molecule has 0 aliphatic rings. The molecular weight excluding hydrogens is 353 g/mol. The summed E-state index contributed by atoms with van der Waals surface area (Å²) < 4.78 is 36.8. The average Bonchev–Trinajstić information content (AvgIpc) is 2.68. The van der Waals surface area contributed by atoms with E-state index in [-0.39, 0.29) is 11.6 Å². The third-order valence-electron chi connectivity index (χ3n) is 4.05. The number of hydrogen-bond donors (Lipinski definition) is 1. The van der Waals surface area contributed by atoms with Gasteiger partial charge in [-0.2, -0.15) is 13.2 Å². The van der Waals surface area contributed by atoms with Gasteiger partial charge >= 0.3 is 6.18 Å². The number of rotatable bonds is 4. The number of hydrogen-bond acceptors (Lipinski definition) is 2. The highest BCUT2D eigenvalue weighted by Crippen LogP contribution is 2.26. The molecule has 3 aromatic rings. The van der Waals surface area contributed by atoms with Crippen LogP contribution < -0.4 is 0 Å². The minimum absolute atomic E-state index is 0.136. The second kappa shape index (κ2) is 7.50. The molecule has 0 spiro atoms. The highest BCUT2D eigenvalue weighted by Gasteiger charge is 2.36. The van der Waals surface area contributed by atoms with Gasteiger partial charge in [-0.15, -0.1) is 0 Å². The van der Waals surface area contributed by atoms with Gasteiger partial charge in [0, 0.05) is 11.6 Å². The number of aliphatic hydroxyl groups is 1. The molecule has 0 heterocycles. The molecule has 3 rings (SSSR count). The third kappa shape index (κ3) is 4.44. The lowest BCUT2D eigenvalue weighted by molar-refractivity contribution is -0.165. The highest BCUT2D eigenvalue weighted by molar-refractivity contribution is 5.99. The summed E-state index contributed by atoms with van der Waals surface area (Å²) in [5.41, 5.74) is 4.08. The summed E-state index contributed by atoms with van der Waals surface area (Å²) >= 11 is 0. The lowest BCUT2D eigenvalue weighted by Crippen LogP contribution is -2.20. The van der Waals surface area contributed by atoms with E-state index in [0.29, 0.717) is 0 Å². The van der Waals surface area contributed by atoms with Crippen LogP contribution in [-0.2, 0) is 4.79 Å². The maximum absolute atomic E-state index is 12.3. The van der Waals surface area contributed by atoms with Crippen LogP contribution in [-0.4, -0.2) is 17.1 Å². The number of allylic oxidation sites excluding steroid dienone is 1. The minimum Gasteiger partial charge on any atom is -0.507 e. The predicted molar refractivity (Wildman–Crippen MR) is 99.0 cm³/mol. The molecule has 0 aromatic heterocycles. The van der Waals surface area contributed by atoms with E-state index in [9.17, 15) is 23.1 Å². The van der Waals surface area contributed by atoms with Crippen molar-refractivity contribution in [3.63, 3.8) is 0 Å². The van der Waals surface area contributed by atoms with Gasteiger partial charge in [-0.05, 0) is 22.3 Å². The van der Waals surface area contributed by atoms with Crippen molar-refractivity contribution in [2.45, 2.75) is 6.18 Å². The first-order valence-corrected chi connectivity index (χ1v) is 8.13. The fourth-order valence-electron chi connectivity index (χ4n) is 2.61. The molecule has 1 N–H and O–H groups in total. The van der Waals surface area contributed by atoms with Gasteiger partial charge in [0.15, 0.2) is 0 Å². The first-order valence-electron chi connectivity index (χ1n) is 8.13. The molecule has 136 valence electrons. The number of halogens is 3. The Bertz CT molecular complexity index is 955. The standard InChI is InChI=1S/C22H15F3O2/c23-22(24,25)21(27)14-20(26)19-12-10-18(11-13-19)17-8-6-16(7-9-17)15-4-2-1-3-5-15/h1-14,26H/b20-14-. The average molecular weight is 368 g/mol. The zero-order valence-electron chi connectivity index (χ0n) is 14.1. The number of benzene rings is 3. The van der Waals surface area contributed by atoms with Gasteiger partial charge in [-0.3, -0.25) is 4.79 Å². The maximum Gasteiger partial charge on any atom is 0.454 e. The van der Waals surface area contributed by atoms with E-state index >= 15 is 0 Å². The van der Waals surface area contributed by atoms with Crippen LogP contribution in [0.2, 0.25) is 0 Å². The van der Waals surface area contributed by atoms with Gasteiger partial charge < -0.3 is 5.11 Å². The smallest absolute Gasteiger partial charge is 0.454 e. The minimum atomic E-state index is -5.01. The lowest BCUT2D eigenvalue weighted by atomic mass is 9.99. The van der Waals surface area contributed by atoms with Gasteiger partial charge in [0.1, 0.15) is 5.76 Å². The SMILES string of the molecule is O=C(/C=C(\O)c1ccc(-c2ccc(-c3ccccc3)cc2)cc1)C(F)(F)F. The van der Waals surface area contributed by atoms with Gasteiger partial charge in [-0.1, -0.05) is 78.9 Å². The summed E-state index contributed by atoms with van der Waals surface area (Å²) in [5.74, 6) is -2.82. The monoisotopic (exact) mass is 368 g/mol. The summed E-state index contributed by atoms with van der Waals surface area (Å²) in [6.45, 7) is 0. The van der Waals surface area contributed by atoms with Crippen molar-refractivity contribution in [2.75, 3.05) is 0 Å². The molecule has 0 aliphatic carbocycles. The number of carbonyl (C=O) groups is 1. The highest BCUT2D eigenvalue weighted by atomic mass is 19.4. The first kappa shape index (κ1) is 18.5.